The van der Waals surface area contributed by atoms with Gasteiger partial charge in [0.1, 0.15) is 0 Å². The third kappa shape index (κ3) is 0.844. The lowest BCUT2D eigenvalue weighted by molar-refractivity contribution is 0.0364. The molecule has 0 radical (unpaired) electrons. The molecule has 1 fully saturated rings. The number of hydrogen-bond acceptors (Lipinski definition) is 3. The molecule has 1 saturated carbocycles. The Morgan fingerprint density at radius 3 is 2.00 bits per heavy atom. The van der Waals surface area contributed by atoms with Gasteiger partial charge in [-0.3, -0.25) is 0 Å². The summed E-state index contributed by atoms with van der Waals surface area (Å²) in [6.45, 7) is 0. The van der Waals surface area contributed by atoms with Gasteiger partial charge in [-0.1, -0.05) is 0 Å². The van der Waals surface area contributed by atoms with Gasteiger partial charge >= 0.3 is 0 Å². The second-order valence-corrected chi connectivity index (χ2v) is 2.30. The predicted octanol–water partition coefficient (Wildman–Crippen LogP) is -1.17. The Bertz CT molecular complexity index is 76.5. The van der Waals surface area contributed by atoms with Crippen molar-refractivity contribution in [3.05, 3.63) is 0 Å². The maximum atomic E-state index is 8.89. The summed E-state index contributed by atoms with van der Waals surface area (Å²) in [6, 6.07) is -0.204. The minimum atomic E-state index is -0.685. The van der Waals surface area contributed by atoms with Gasteiger partial charge in [0.2, 0.25) is 0 Å². The van der Waals surface area contributed by atoms with Gasteiger partial charge in [0, 0.05) is 6.04 Å². The Morgan fingerprint density at radius 1 is 1.25 bits per heavy atom. The van der Waals surface area contributed by atoms with Crippen molar-refractivity contribution in [2.45, 2.75) is 31.1 Å². The molecule has 0 saturated heterocycles. The lowest BCUT2D eigenvalue weighted by atomic mass is 10.2. The van der Waals surface area contributed by atoms with Gasteiger partial charge in [-0.2, -0.15) is 0 Å². The maximum Gasteiger partial charge on any atom is 0.0949 e. The molecule has 3 nitrogen and oxygen atoms in total. The first-order chi connectivity index (χ1) is 3.72. The van der Waals surface area contributed by atoms with Gasteiger partial charge in [0.25, 0.3) is 0 Å². The smallest absolute Gasteiger partial charge is 0.0949 e. The monoisotopic (exact) mass is 117 g/mol. The van der Waals surface area contributed by atoms with Crippen molar-refractivity contribution in [1.29, 1.82) is 0 Å². The number of hydrogen-bond donors (Lipinski definition) is 3. The first-order valence-electron chi connectivity index (χ1n) is 2.83. The van der Waals surface area contributed by atoms with Gasteiger partial charge in [0.15, 0.2) is 0 Å². The SMILES string of the molecule is NC1CC[C@H](O)[C@@H]1O. The first kappa shape index (κ1) is 6.01. The number of aliphatic hydroxyl groups is 2. The molecule has 0 amide bonds. The molecule has 1 aliphatic carbocycles. The zero-order chi connectivity index (χ0) is 6.15. The zero-order valence-electron chi connectivity index (χ0n) is 4.62. The normalized spacial score (nSPS) is 47.6. The molecule has 0 bridgehead atoms. The highest BCUT2D eigenvalue weighted by Crippen LogP contribution is 2.17. The number of rotatable bonds is 0. The highest BCUT2D eigenvalue weighted by Gasteiger charge is 2.29. The second kappa shape index (κ2) is 2.01. The van der Waals surface area contributed by atoms with Crippen LogP contribution in [0, 0.1) is 0 Å². The fraction of sp³-hybridized carbons (Fsp3) is 1.00. The van der Waals surface area contributed by atoms with Crippen LogP contribution in [0.4, 0.5) is 0 Å². The molecule has 3 atom stereocenters. The summed E-state index contributed by atoms with van der Waals surface area (Å²) in [5, 5.41) is 17.7. The van der Waals surface area contributed by atoms with E-state index in [0.29, 0.717) is 6.42 Å². The van der Waals surface area contributed by atoms with Gasteiger partial charge in [-0.25, -0.2) is 0 Å². The van der Waals surface area contributed by atoms with Gasteiger partial charge in [-0.05, 0) is 12.8 Å². The van der Waals surface area contributed by atoms with Crippen LogP contribution in [0.3, 0.4) is 0 Å². The Balaban J connectivity index is 2.44. The van der Waals surface area contributed by atoms with E-state index in [1.165, 1.54) is 0 Å². The van der Waals surface area contributed by atoms with Crippen molar-refractivity contribution < 1.29 is 10.2 Å². The van der Waals surface area contributed by atoms with Gasteiger partial charge in [-0.15, -0.1) is 0 Å². The van der Waals surface area contributed by atoms with Crippen LogP contribution in [0.5, 0.6) is 0 Å². The molecule has 0 aromatic carbocycles. The summed E-state index contributed by atoms with van der Waals surface area (Å²) < 4.78 is 0. The summed E-state index contributed by atoms with van der Waals surface area (Å²) in [4.78, 5) is 0. The van der Waals surface area contributed by atoms with E-state index in [1.54, 1.807) is 0 Å². The van der Waals surface area contributed by atoms with Crippen LogP contribution < -0.4 is 5.73 Å². The molecule has 0 heterocycles. The molecule has 3 heteroatoms. The van der Waals surface area contributed by atoms with Gasteiger partial charge < -0.3 is 15.9 Å². The molecular formula is C5H11NO2. The molecule has 0 aromatic rings. The molecule has 0 spiro atoms. The van der Waals surface area contributed by atoms with Crippen LogP contribution in [-0.2, 0) is 0 Å². The Hall–Kier alpha value is -0.120. The van der Waals surface area contributed by atoms with Crippen molar-refractivity contribution >= 4 is 0 Å². The second-order valence-electron chi connectivity index (χ2n) is 2.30. The molecule has 1 aliphatic rings. The van der Waals surface area contributed by atoms with E-state index in [1.807, 2.05) is 0 Å². The van der Waals surface area contributed by atoms with Crippen LogP contribution in [-0.4, -0.2) is 28.5 Å². The van der Waals surface area contributed by atoms with Crippen molar-refractivity contribution in [2.24, 2.45) is 5.73 Å². The third-order valence-corrected chi connectivity index (χ3v) is 1.63. The Labute approximate surface area is 48.1 Å². The molecule has 1 rings (SSSR count). The minimum Gasteiger partial charge on any atom is -0.390 e. The average Bonchev–Trinajstić information content (AvgIpc) is 1.98. The van der Waals surface area contributed by atoms with E-state index in [0.717, 1.165) is 6.42 Å². The van der Waals surface area contributed by atoms with Crippen molar-refractivity contribution in [3.8, 4) is 0 Å². The Morgan fingerprint density at radius 2 is 1.88 bits per heavy atom. The summed E-state index contributed by atoms with van der Waals surface area (Å²) in [7, 11) is 0. The molecule has 8 heavy (non-hydrogen) atoms. The number of nitrogens with two attached hydrogens (primary N) is 1. The zero-order valence-corrected chi connectivity index (χ0v) is 4.62. The molecule has 4 N–H and O–H groups in total. The van der Waals surface area contributed by atoms with E-state index < -0.39 is 12.2 Å². The fourth-order valence-corrected chi connectivity index (χ4v) is 0.990. The summed E-state index contributed by atoms with van der Waals surface area (Å²) in [5.74, 6) is 0. The minimum absolute atomic E-state index is 0.204. The fourth-order valence-electron chi connectivity index (χ4n) is 0.990. The summed E-state index contributed by atoms with van der Waals surface area (Å²) in [5.41, 5.74) is 5.36. The third-order valence-electron chi connectivity index (χ3n) is 1.63. The van der Waals surface area contributed by atoms with E-state index in [9.17, 15) is 0 Å². The first-order valence-corrected chi connectivity index (χ1v) is 2.83. The highest BCUT2D eigenvalue weighted by molar-refractivity contribution is 4.86. The van der Waals surface area contributed by atoms with E-state index in [4.69, 9.17) is 15.9 Å². The lowest BCUT2D eigenvalue weighted by Crippen LogP contribution is -2.34. The average molecular weight is 117 g/mol. The Kier molecular flexibility index (Phi) is 1.51. The van der Waals surface area contributed by atoms with Crippen LogP contribution in [0.25, 0.3) is 0 Å². The van der Waals surface area contributed by atoms with Crippen LogP contribution in [0.15, 0.2) is 0 Å². The number of aliphatic hydroxyl groups excluding tert-OH is 2. The molecule has 0 aliphatic heterocycles. The summed E-state index contributed by atoms with van der Waals surface area (Å²) >= 11 is 0. The van der Waals surface area contributed by atoms with Crippen molar-refractivity contribution in [2.75, 3.05) is 0 Å². The topological polar surface area (TPSA) is 66.5 Å². The largest absolute Gasteiger partial charge is 0.390 e. The van der Waals surface area contributed by atoms with E-state index >= 15 is 0 Å². The van der Waals surface area contributed by atoms with Crippen LogP contribution in [0.2, 0.25) is 0 Å². The predicted molar refractivity (Wildman–Crippen MR) is 29.2 cm³/mol. The highest BCUT2D eigenvalue weighted by atomic mass is 16.3. The van der Waals surface area contributed by atoms with Crippen LogP contribution >= 0.6 is 0 Å². The lowest BCUT2D eigenvalue weighted by Gasteiger charge is -2.09. The standard InChI is InChI=1S/C5H11NO2/c6-3-1-2-4(7)5(3)8/h3-5,7-8H,1-2,6H2/t3?,4-,5+/m0/s1. The van der Waals surface area contributed by atoms with E-state index in [2.05, 4.69) is 0 Å². The summed E-state index contributed by atoms with van der Waals surface area (Å²) in [6.07, 6.45) is 0.116. The molecule has 48 valence electrons. The molecule has 0 aromatic heterocycles. The van der Waals surface area contributed by atoms with Gasteiger partial charge in [0.05, 0.1) is 12.2 Å². The quantitative estimate of drug-likeness (QED) is 0.374. The molecular weight excluding hydrogens is 106 g/mol. The van der Waals surface area contributed by atoms with E-state index in [-0.39, 0.29) is 6.04 Å². The van der Waals surface area contributed by atoms with Crippen molar-refractivity contribution in [3.63, 3.8) is 0 Å². The van der Waals surface area contributed by atoms with Crippen LogP contribution in [0.1, 0.15) is 12.8 Å². The van der Waals surface area contributed by atoms with Crippen molar-refractivity contribution in [1.82, 2.24) is 0 Å². The maximum absolute atomic E-state index is 8.89. The molecule has 1 unspecified atom stereocenters.